The normalized spacial score (nSPS) is 16.6. The summed E-state index contributed by atoms with van der Waals surface area (Å²) in [7, 11) is -4.36. The first kappa shape index (κ1) is 16.8. The molecule has 0 saturated heterocycles. The summed E-state index contributed by atoms with van der Waals surface area (Å²) in [4.78, 5) is 3.84. The van der Waals surface area contributed by atoms with Gasteiger partial charge in [-0.15, -0.1) is 11.3 Å². The van der Waals surface area contributed by atoms with E-state index in [1.807, 2.05) is 0 Å². The third-order valence-corrected chi connectivity index (χ3v) is 6.42. The summed E-state index contributed by atoms with van der Waals surface area (Å²) in [5, 5.41) is 11.0. The van der Waals surface area contributed by atoms with Gasteiger partial charge >= 0.3 is 0 Å². The van der Waals surface area contributed by atoms with Crippen molar-refractivity contribution in [2.45, 2.75) is 20.3 Å². The molecule has 1 N–H and O–H groups in total. The number of aryl methyl sites for hydroxylation is 2. The Bertz CT molecular complexity index is 936. The van der Waals surface area contributed by atoms with Crippen molar-refractivity contribution in [1.82, 2.24) is 4.98 Å². The van der Waals surface area contributed by atoms with Crippen LogP contribution in [-0.4, -0.2) is 31.5 Å². The van der Waals surface area contributed by atoms with Gasteiger partial charge in [-0.1, -0.05) is 24.3 Å². The highest BCUT2D eigenvalue weighted by molar-refractivity contribution is 8.02. The quantitative estimate of drug-likeness (QED) is 0.894. The molecule has 1 aromatic carbocycles. The number of aromatic nitrogens is 1. The first-order valence-corrected chi connectivity index (χ1v) is 9.27. The third kappa shape index (κ3) is 2.57. The van der Waals surface area contributed by atoms with Crippen LogP contribution < -0.4 is 4.31 Å². The van der Waals surface area contributed by atoms with E-state index < -0.39 is 28.8 Å². The number of aliphatic hydroxyl groups is 1. The maximum Gasteiger partial charge on any atom is 0.270 e. The molecule has 0 fully saturated rings. The van der Waals surface area contributed by atoms with Crippen molar-refractivity contribution in [3.8, 4) is 0 Å². The van der Waals surface area contributed by atoms with Crippen LogP contribution in [0.15, 0.2) is 24.3 Å². The molecule has 0 spiro atoms. The van der Waals surface area contributed by atoms with E-state index in [1.54, 1.807) is 32.0 Å². The van der Waals surface area contributed by atoms with Gasteiger partial charge in [0.1, 0.15) is 9.78 Å². The number of hydrogen-bond acceptors (Lipinski definition) is 5. The van der Waals surface area contributed by atoms with Crippen LogP contribution in [0.2, 0.25) is 0 Å². The first-order valence-electron chi connectivity index (χ1n) is 7.01. The summed E-state index contributed by atoms with van der Waals surface area (Å²) in [5.41, 5.74) is 0.898. The van der Waals surface area contributed by atoms with Gasteiger partial charge in [0.15, 0.2) is 11.6 Å². The fourth-order valence-corrected chi connectivity index (χ4v) is 5.33. The minimum atomic E-state index is -4.36. The second kappa shape index (κ2) is 5.82. The number of nitrogens with zero attached hydrogens (tertiary/aromatic N) is 2. The molecule has 128 valence electrons. The van der Waals surface area contributed by atoms with E-state index in [9.17, 15) is 22.3 Å². The predicted molar refractivity (Wildman–Crippen MR) is 89.7 cm³/mol. The zero-order valence-electron chi connectivity index (χ0n) is 12.8. The summed E-state index contributed by atoms with van der Waals surface area (Å²) in [6.45, 7) is 2.30. The van der Waals surface area contributed by atoms with Crippen LogP contribution in [0.5, 0.6) is 0 Å². The molecule has 0 atom stereocenters. The molecule has 0 aliphatic carbocycles. The lowest BCUT2D eigenvalue weighted by atomic mass is 10.1. The molecule has 0 unspecified atom stereocenters. The first-order chi connectivity index (χ1) is 11.2. The maximum absolute atomic E-state index is 13.0. The minimum Gasteiger partial charge on any atom is -0.505 e. The van der Waals surface area contributed by atoms with Crippen molar-refractivity contribution in [3.05, 3.63) is 45.3 Å². The average molecular weight is 372 g/mol. The lowest BCUT2D eigenvalue weighted by molar-refractivity contribution is 0.159. The molecule has 0 radical (unpaired) electrons. The van der Waals surface area contributed by atoms with Gasteiger partial charge < -0.3 is 5.11 Å². The number of hydrogen-bond donors (Lipinski definition) is 1. The van der Waals surface area contributed by atoms with E-state index in [1.165, 1.54) is 6.07 Å². The number of rotatable bonds is 3. The van der Waals surface area contributed by atoms with Crippen LogP contribution in [0, 0.1) is 13.8 Å². The Morgan fingerprint density at radius 1 is 1.29 bits per heavy atom. The van der Waals surface area contributed by atoms with Gasteiger partial charge in [0.25, 0.3) is 16.4 Å². The van der Waals surface area contributed by atoms with E-state index >= 15 is 0 Å². The predicted octanol–water partition coefficient (Wildman–Crippen LogP) is 3.56. The number of halogens is 2. The smallest absolute Gasteiger partial charge is 0.270 e. The molecular formula is C15H14F2N2O3S2. The Kier molecular flexibility index (Phi) is 4.08. The van der Waals surface area contributed by atoms with Crippen LogP contribution >= 0.6 is 11.3 Å². The molecule has 2 aromatic rings. The minimum absolute atomic E-state index is 0.146. The molecule has 0 amide bonds. The Morgan fingerprint density at radius 2 is 1.96 bits per heavy atom. The van der Waals surface area contributed by atoms with E-state index in [2.05, 4.69) is 4.98 Å². The number of aliphatic hydroxyl groups excluding tert-OH is 1. The molecular weight excluding hydrogens is 358 g/mol. The Labute approximate surface area is 141 Å². The molecule has 1 aliphatic rings. The lowest BCUT2D eigenvalue weighted by Gasteiger charge is -2.29. The maximum atomic E-state index is 13.0. The van der Waals surface area contributed by atoms with Gasteiger partial charge in [0.2, 0.25) is 0 Å². The van der Waals surface area contributed by atoms with Gasteiger partial charge in [-0.3, -0.25) is 0 Å². The summed E-state index contributed by atoms with van der Waals surface area (Å²) >= 11 is 1.06. The summed E-state index contributed by atoms with van der Waals surface area (Å²) in [6, 6.07) is 6.59. The highest BCUT2D eigenvalue weighted by Crippen LogP contribution is 2.45. The van der Waals surface area contributed by atoms with Crippen LogP contribution in [-0.2, 0) is 10.0 Å². The zero-order valence-corrected chi connectivity index (χ0v) is 14.5. The third-order valence-electron chi connectivity index (χ3n) is 3.62. The number of sulfonamides is 1. The molecule has 24 heavy (non-hydrogen) atoms. The second-order valence-corrected chi connectivity index (χ2v) is 8.31. The molecule has 1 aromatic heterocycles. The van der Waals surface area contributed by atoms with E-state index in [0.717, 1.165) is 11.3 Å². The molecule has 0 bridgehead atoms. The fourth-order valence-electron chi connectivity index (χ4n) is 2.59. The van der Waals surface area contributed by atoms with Crippen molar-refractivity contribution in [1.29, 1.82) is 0 Å². The monoisotopic (exact) mass is 372 g/mol. The Balaban J connectivity index is 2.33. The molecule has 0 saturated carbocycles. The van der Waals surface area contributed by atoms with Crippen molar-refractivity contribution >= 4 is 37.8 Å². The lowest BCUT2D eigenvalue weighted by Crippen LogP contribution is -2.38. The molecule has 2 heterocycles. The highest BCUT2D eigenvalue weighted by atomic mass is 32.2. The number of benzene rings is 1. The molecule has 3 rings (SSSR count). The van der Waals surface area contributed by atoms with Crippen molar-refractivity contribution < 1.29 is 22.3 Å². The Hall–Kier alpha value is -2.00. The number of anilines is 1. The van der Waals surface area contributed by atoms with Crippen LogP contribution in [0.3, 0.4) is 0 Å². The SMILES string of the molecule is Cc1nc2c(s1)C(O)=C(c1ccccc1C)S(=O)(=O)N2CC(F)F. The van der Waals surface area contributed by atoms with Gasteiger partial charge in [-0.25, -0.2) is 26.5 Å². The van der Waals surface area contributed by atoms with Gasteiger partial charge in [0, 0.05) is 5.56 Å². The van der Waals surface area contributed by atoms with Crippen molar-refractivity contribution in [3.63, 3.8) is 0 Å². The zero-order chi connectivity index (χ0) is 17.6. The van der Waals surface area contributed by atoms with Crippen molar-refractivity contribution in [2.75, 3.05) is 10.8 Å². The fraction of sp³-hybridized carbons (Fsp3) is 0.267. The van der Waals surface area contributed by atoms with Gasteiger partial charge in [-0.05, 0) is 19.4 Å². The largest absolute Gasteiger partial charge is 0.505 e. The van der Waals surface area contributed by atoms with Gasteiger partial charge in [0.05, 0.1) is 11.6 Å². The molecule has 1 aliphatic heterocycles. The highest BCUT2D eigenvalue weighted by Gasteiger charge is 2.42. The van der Waals surface area contributed by atoms with Crippen LogP contribution in [0.4, 0.5) is 14.6 Å². The topological polar surface area (TPSA) is 70.5 Å². The van der Waals surface area contributed by atoms with Crippen LogP contribution in [0.25, 0.3) is 10.7 Å². The van der Waals surface area contributed by atoms with Crippen LogP contribution in [0.1, 0.15) is 21.0 Å². The summed E-state index contributed by atoms with van der Waals surface area (Å²) in [6.07, 6.45) is -2.87. The van der Waals surface area contributed by atoms with E-state index in [4.69, 9.17) is 0 Å². The number of thiazole rings is 1. The number of fused-ring (bicyclic) bond motifs is 1. The van der Waals surface area contributed by atoms with E-state index in [-0.39, 0.29) is 21.2 Å². The second-order valence-electron chi connectivity index (χ2n) is 5.31. The molecule has 9 heteroatoms. The summed E-state index contributed by atoms with van der Waals surface area (Å²) in [5.74, 6) is -0.594. The molecule has 5 nitrogen and oxygen atoms in total. The van der Waals surface area contributed by atoms with Crippen molar-refractivity contribution in [2.24, 2.45) is 0 Å². The summed E-state index contributed by atoms with van der Waals surface area (Å²) < 4.78 is 52.3. The van der Waals surface area contributed by atoms with Gasteiger partial charge in [-0.2, -0.15) is 0 Å². The standard InChI is InChI=1S/C15H14F2N2O3S2/c1-8-5-3-4-6-10(8)14-12(20)13-15(18-9(2)23-13)19(7-11(16)17)24(14,21)22/h3-6,11,20H,7H2,1-2H3. The van der Waals surface area contributed by atoms with E-state index in [0.29, 0.717) is 14.9 Å². The number of alkyl halides is 2. The Morgan fingerprint density at radius 3 is 2.58 bits per heavy atom. The average Bonchev–Trinajstić information content (AvgIpc) is 2.87.